The summed E-state index contributed by atoms with van der Waals surface area (Å²) in [5.41, 5.74) is 0. The van der Waals surface area contributed by atoms with Crippen molar-refractivity contribution in [1.82, 2.24) is 5.32 Å². The van der Waals surface area contributed by atoms with Gasteiger partial charge in [-0.1, -0.05) is 27.2 Å². The van der Waals surface area contributed by atoms with Crippen LogP contribution in [-0.2, 0) is 4.74 Å². The van der Waals surface area contributed by atoms with Crippen molar-refractivity contribution in [2.45, 2.75) is 52.2 Å². The van der Waals surface area contributed by atoms with E-state index in [0.717, 1.165) is 6.42 Å². The van der Waals surface area contributed by atoms with Gasteiger partial charge in [0.15, 0.2) is 0 Å². The molecule has 0 rings (SSSR count). The molecule has 0 aromatic heterocycles. The molecule has 0 bridgehead atoms. The van der Waals surface area contributed by atoms with Gasteiger partial charge in [-0.15, -0.1) is 0 Å². The van der Waals surface area contributed by atoms with Crippen LogP contribution < -0.4 is 5.32 Å². The summed E-state index contributed by atoms with van der Waals surface area (Å²) < 4.78 is 5.45. The molecule has 0 radical (unpaired) electrons. The van der Waals surface area contributed by atoms with Crippen molar-refractivity contribution in [3.05, 3.63) is 0 Å². The first-order chi connectivity index (χ1) is 6.15. The molecule has 0 aromatic rings. The van der Waals surface area contributed by atoms with Gasteiger partial charge in [-0.3, -0.25) is 0 Å². The molecule has 80 valence electrons. The summed E-state index contributed by atoms with van der Waals surface area (Å²) in [4.78, 5) is 0. The highest BCUT2D eigenvalue weighted by Crippen LogP contribution is 2.14. The van der Waals surface area contributed by atoms with Gasteiger partial charge in [-0.25, -0.2) is 0 Å². The average Bonchev–Trinajstić information content (AvgIpc) is 2.11. The maximum absolute atomic E-state index is 5.45. The van der Waals surface area contributed by atoms with Crippen LogP contribution in [0.1, 0.15) is 40.0 Å². The van der Waals surface area contributed by atoms with Crippen molar-refractivity contribution in [1.29, 1.82) is 0 Å². The number of hydrogen-bond acceptors (Lipinski definition) is 2. The molecule has 0 saturated carbocycles. The standard InChI is InChI=1S/C11H25NO/c1-6-7-10(12-4)8-11(13-5)9(2)3/h9-12H,6-8H2,1-5H3. The average molecular weight is 187 g/mol. The van der Waals surface area contributed by atoms with Gasteiger partial charge in [-0.2, -0.15) is 0 Å². The van der Waals surface area contributed by atoms with Gasteiger partial charge in [0.05, 0.1) is 6.10 Å². The van der Waals surface area contributed by atoms with E-state index in [0.29, 0.717) is 18.1 Å². The van der Waals surface area contributed by atoms with Crippen molar-refractivity contribution in [3.8, 4) is 0 Å². The molecule has 0 spiro atoms. The third kappa shape index (κ3) is 5.27. The van der Waals surface area contributed by atoms with Crippen LogP contribution in [0, 0.1) is 5.92 Å². The highest BCUT2D eigenvalue weighted by molar-refractivity contribution is 4.72. The van der Waals surface area contributed by atoms with E-state index >= 15 is 0 Å². The Balaban J connectivity index is 3.87. The van der Waals surface area contributed by atoms with E-state index in [4.69, 9.17) is 4.74 Å². The normalized spacial score (nSPS) is 16.2. The van der Waals surface area contributed by atoms with Gasteiger partial charge >= 0.3 is 0 Å². The van der Waals surface area contributed by atoms with E-state index in [2.05, 4.69) is 26.1 Å². The maximum Gasteiger partial charge on any atom is 0.0609 e. The van der Waals surface area contributed by atoms with Gasteiger partial charge in [0, 0.05) is 13.2 Å². The fraction of sp³-hybridized carbons (Fsp3) is 1.00. The molecule has 2 nitrogen and oxygen atoms in total. The first-order valence-electron chi connectivity index (χ1n) is 5.35. The van der Waals surface area contributed by atoms with Gasteiger partial charge in [0.2, 0.25) is 0 Å². The first kappa shape index (κ1) is 12.9. The monoisotopic (exact) mass is 187 g/mol. The first-order valence-corrected chi connectivity index (χ1v) is 5.35. The molecule has 2 unspecified atom stereocenters. The number of methoxy groups -OCH3 is 1. The fourth-order valence-corrected chi connectivity index (χ4v) is 1.65. The zero-order chi connectivity index (χ0) is 10.3. The molecule has 0 saturated heterocycles. The van der Waals surface area contributed by atoms with Crippen LogP contribution in [0.25, 0.3) is 0 Å². The van der Waals surface area contributed by atoms with Crippen molar-refractivity contribution < 1.29 is 4.74 Å². The third-order valence-electron chi connectivity index (χ3n) is 2.61. The van der Waals surface area contributed by atoms with Crippen LogP contribution in [0.2, 0.25) is 0 Å². The van der Waals surface area contributed by atoms with Crippen LogP contribution in [-0.4, -0.2) is 26.3 Å². The minimum absolute atomic E-state index is 0.393. The number of nitrogens with one attached hydrogen (secondary N) is 1. The lowest BCUT2D eigenvalue weighted by atomic mass is 9.97. The predicted octanol–water partition coefficient (Wildman–Crippen LogP) is 2.44. The Labute approximate surface area is 83.1 Å². The van der Waals surface area contributed by atoms with E-state index in [1.54, 1.807) is 0 Å². The van der Waals surface area contributed by atoms with Crippen LogP contribution in [0.4, 0.5) is 0 Å². The zero-order valence-corrected chi connectivity index (χ0v) is 9.76. The fourth-order valence-electron chi connectivity index (χ4n) is 1.65. The lowest BCUT2D eigenvalue weighted by Crippen LogP contribution is -2.32. The summed E-state index contributed by atoms with van der Waals surface area (Å²) in [7, 11) is 3.84. The number of hydrogen-bond donors (Lipinski definition) is 1. The second-order valence-electron chi connectivity index (χ2n) is 4.03. The topological polar surface area (TPSA) is 21.3 Å². The molecule has 0 aliphatic heterocycles. The molecular formula is C11H25NO. The van der Waals surface area contributed by atoms with E-state index < -0.39 is 0 Å². The molecule has 0 amide bonds. The van der Waals surface area contributed by atoms with Crippen molar-refractivity contribution in [2.75, 3.05) is 14.2 Å². The number of ether oxygens (including phenoxy) is 1. The van der Waals surface area contributed by atoms with E-state index in [1.807, 2.05) is 14.2 Å². The Bertz CT molecular complexity index is 115. The molecule has 0 aromatic carbocycles. The molecule has 2 atom stereocenters. The largest absolute Gasteiger partial charge is 0.381 e. The summed E-state index contributed by atoms with van der Waals surface area (Å²) in [5.74, 6) is 0.609. The molecule has 1 N–H and O–H groups in total. The smallest absolute Gasteiger partial charge is 0.0609 e. The zero-order valence-electron chi connectivity index (χ0n) is 9.76. The predicted molar refractivity (Wildman–Crippen MR) is 58.0 cm³/mol. The van der Waals surface area contributed by atoms with Crippen LogP contribution >= 0.6 is 0 Å². The minimum atomic E-state index is 0.393. The summed E-state index contributed by atoms with van der Waals surface area (Å²) >= 11 is 0. The van der Waals surface area contributed by atoms with Crippen LogP contribution in [0.5, 0.6) is 0 Å². The molecule has 0 aliphatic rings. The molecule has 2 heteroatoms. The Morgan fingerprint density at radius 1 is 1.31 bits per heavy atom. The highest BCUT2D eigenvalue weighted by atomic mass is 16.5. The highest BCUT2D eigenvalue weighted by Gasteiger charge is 2.16. The number of rotatable bonds is 7. The summed E-state index contributed by atoms with van der Waals surface area (Å²) in [6.45, 7) is 6.65. The summed E-state index contributed by atoms with van der Waals surface area (Å²) in [6.07, 6.45) is 3.99. The van der Waals surface area contributed by atoms with Crippen LogP contribution in [0.3, 0.4) is 0 Å². The minimum Gasteiger partial charge on any atom is -0.381 e. The molecule has 13 heavy (non-hydrogen) atoms. The van der Waals surface area contributed by atoms with Crippen LogP contribution in [0.15, 0.2) is 0 Å². The SMILES string of the molecule is CCCC(CC(OC)C(C)C)NC. The second-order valence-corrected chi connectivity index (χ2v) is 4.03. The molecule has 0 aliphatic carbocycles. The maximum atomic E-state index is 5.45. The second kappa shape index (κ2) is 7.34. The Morgan fingerprint density at radius 3 is 2.23 bits per heavy atom. The van der Waals surface area contributed by atoms with Gasteiger partial charge in [-0.05, 0) is 25.8 Å². The van der Waals surface area contributed by atoms with E-state index in [-0.39, 0.29) is 0 Å². The van der Waals surface area contributed by atoms with Crippen molar-refractivity contribution in [3.63, 3.8) is 0 Å². The quantitative estimate of drug-likeness (QED) is 0.661. The Kier molecular flexibility index (Phi) is 7.29. The Hall–Kier alpha value is -0.0800. The van der Waals surface area contributed by atoms with Gasteiger partial charge in [0.1, 0.15) is 0 Å². The lowest BCUT2D eigenvalue weighted by Gasteiger charge is -2.24. The van der Waals surface area contributed by atoms with Gasteiger partial charge in [0.25, 0.3) is 0 Å². The van der Waals surface area contributed by atoms with Crippen molar-refractivity contribution >= 4 is 0 Å². The molecule has 0 heterocycles. The molecular weight excluding hydrogens is 162 g/mol. The Morgan fingerprint density at radius 2 is 1.92 bits per heavy atom. The molecule has 0 fully saturated rings. The third-order valence-corrected chi connectivity index (χ3v) is 2.61. The van der Waals surface area contributed by atoms with Gasteiger partial charge < -0.3 is 10.1 Å². The van der Waals surface area contributed by atoms with E-state index in [1.165, 1.54) is 12.8 Å². The summed E-state index contributed by atoms with van der Waals surface area (Å²) in [5, 5.41) is 3.34. The van der Waals surface area contributed by atoms with Crippen molar-refractivity contribution in [2.24, 2.45) is 5.92 Å². The summed E-state index contributed by atoms with van der Waals surface area (Å²) in [6, 6.07) is 0.609. The van der Waals surface area contributed by atoms with E-state index in [9.17, 15) is 0 Å². The lowest BCUT2D eigenvalue weighted by molar-refractivity contribution is 0.0493.